The van der Waals surface area contributed by atoms with E-state index < -0.39 is 6.04 Å². The van der Waals surface area contributed by atoms with Gasteiger partial charge in [-0.05, 0) is 31.2 Å². The summed E-state index contributed by atoms with van der Waals surface area (Å²) in [5.41, 5.74) is 6.98. The highest BCUT2D eigenvalue weighted by Crippen LogP contribution is 2.24. The monoisotopic (exact) mass is 246 g/mol. The van der Waals surface area contributed by atoms with Crippen LogP contribution in [0, 0.1) is 5.92 Å². The van der Waals surface area contributed by atoms with E-state index >= 15 is 0 Å². The molecule has 3 heteroatoms. The summed E-state index contributed by atoms with van der Waals surface area (Å²) in [7, 11) is 0. The van der Waals surface area contributed by atoms with Gasteiger partial charge in [-0.25, -0.2) is 0 Å². The Labute approximate surface area is 109 Å². The fourth-order valence-electron chi connectivity index (χ4n) is 2.58. The van der Waals surface area contributed by atoms with E-state index in [1.807, 2.05) is 35.2 Å². The maximum absolute atomic E-state index is 12.5. The quantitative estimate of drug-likeness (QED) is 0.870. The van der Waals surface area contributed by atoms with Gasteiger partial charge in [-0.2, -0.15) is 0 Å². The van der Waals surface area contributed by atoms with Crippen LogP contribution in [0.2, 0.25) is 0 Å². The van der Waals surface area contributed by atoms with E-state index in [-0.39, 0.29) is 5.91 Å². The van der Waals surface area contributed by atoms with Gasteiger partial charge in [0.1, 0.15) is 6.04 Å². The zero-order valence-corrected chi connectivity index (χ0v) is 11.2. The van der Waals surface area contributed by atoms with Crippen molar-refractivity contribution in [3.63, 3.8) is 0 Å². The van der Waals surface area contributed by atoms with Crippen molar-refractivity contribution in [3.8, 4) is 0 Å². The van der Waals surface area contributed by atoms with Crippen LogP contribution in [0.25, 0.3) is 0 Å². The summed E-state index contributed by atoms with van der Waals surface area (Å²) in [6.45, 7) is 5.14. The minimum Gasteiger partial charge on any atom is -0.338 e. The number of hydrogen-bond donors (Lipinski definition) is 1. The van der Waals surface area contributed by atoms with Crippen LogP contribution in [-0.2, 0) is 4.79 Å². The summed E-state index contributed by atoms with van der Waals surface area (Å²) in [6.07, 6.45) is 2.28. The highest BCUT2D eigenvalue weighted by Gasteiger charge is 2.30. The highest BCUT2D eigenvalue weighted by molar-refractivity contribution is 5.83. The molecule has 1 fully saturated rings. The van der Waals surface area contributed by atoms with Gasteiger partial charge in [0.05, 0.1) is 0 Å². The van der Waals surface area contributed by atoms with Crippen LogP contribution in [0.3, 0.4) is 0 Å². The Hall–Kier alpha value is -1.35. The number of likely N-dealkylation sites (tertiary alicyclic amines) is 1. The van der Waals surface area contributed by atoms with Gasteiger partial charge in [-0.3, -0.25) is 4.79 Å². The third-order valence-electron chi connectivity index (χ3n) is 3.83. The maximum atomic E-state index is 12.5. The second kappa shape index (κ2) is 5.53. The number of piperidine rings is 1. The molecule has 0 aliphatic carbocycles. The first-order valence-electron chi connectivity index (χ1n) is 6.70. The summed E-state index contributed by atoms with van der Waals surface area (Å²) >= 11 is 0. The minimum atomic E-state index is -0.529. The summed E-state index contributed by atoms with van der Waals surface area (Å²) in [4.78, 5) is 14.4. The van der Waals surface area contributed by atoms with Gasteiger partial charge in [0.15, 0.2) is 0 Å². The summed E-state index contributed by atoms with van der Waals surface area (Å²) in [5.74, 6) is 0.633. The van der Waals surface area contributed by atoms with Crippen LogP contribution in [0.5, 0.6) is 0 Å². The Morgan fingerprint density at radius 2 is 1.94 bits per heavy atom. The van der Waals surface area contributed by atoms with Crippen molar-refractivity contribution in [1.29, 1.82) is 0 Å². The van der Waals surface area contributed by atoms with Crippen LogP contribution < -0.4 is 5.73 Å². The maximum Gasteiger partial charge on any atom is 0.244 e. The van der Waals surface area contributed by atoms with Gasteiger partial charge in [0.25, 0.3) is 0 Å². The Kier molecular flexibility index (Phi) is 4.02. The molecule has 1 aliphatic rings. The number of carbonyl (C=O) groups excluding carboxylic acids is 1. The van der Waals surface area contributed by atoms with Crippen molar-refractivity contribution >= 4 is 5.91 Å². The molecule has 2 rings (SSSR count). The molecule has 98 valence electrons. The van der Waals surface area contributed by atoms with Gasteiger partial charge in [-0.1, -0.05) is 37.3 Å². The third kappa shape index (κ3) is 2.72. The number of amides is 1. The van der Waals surface area contributed by atoms with Crippen LogP contribution in [0.4, 0.5) is 0 Å². The molecule has 0 saturated carbocycles. The lowest BCUT2D eigenvalue weighted by Gasteiger charge is -2.38. The second-order valence-electron chi connectivity index (χ2n) is 5.41. The molecule has 3 nitrogen and oxygen atoms in total. The molecule has 2 N–H and O–H groups in total. The molecule has 2 unspecified atom stereocenters. The normalized spacial score (nSPS) is 25.8. The molecule has 0 spiro atoms. The van der Waals surface area contributed by atoms with Gasteiger partial charge < -0.3 is 10.6 Å². The molecule has 0 bridgehead atoms. The number of benzene rings is 1. The first-order chi connectivity index (χ1) is 8.59. The topological polar surface area (TPSA) is 46.3 Å². The lowest BCUT2D eigenvalue weighted by atomic mass is 9.93. The Bertz CT molecular complexity index is 404. The number of hydrogen-bond acceptors (Lipinski definition) is 2. The number of nitrogens with zero attached hydrogens (tertiary/aromatic N) is 1. The van der Waals surface area contributed by atoms with Crippen LogP contribution >= 0.6 is 0 Å². The van der Waals surface area contributed by atoms with Crippen molar-refractivity contribution in [1.82, 2.24) is 4.90 Å². The molecule has 1 aromatic rings. The average Bonchev–Trinajstić information content (AvgIpc) is 2.41. The van der Waals surface area contributed by atoms with Gasteiger partial charge in [0.2, 0.25) is 5.91 Å². The van der Waals surface area contributed by atoms with Crippen molar-refractivity contribution in [3.05, 3.63) is 35.9 Å². The standard InChI is InChI=1S/C15H22N2O/c1-11-8-9-12(2)17(10-11)15(18)14(16)13-6-4-3-5-7-13/h3-7,11-12,14H,8-10,16H2,1-2H3/t11?,12?,14-/m0/s1. The Morgan fingerprint density at radius 1 is 1.28 bits per heavy atom. The predicted octanol–water partition coefficient (Wildman–Crippen LogP) is 2.33. The number of nitrogens with two attached hydrogens (primary N) is 1. The van der Waals surface area contributed by atoms with Crippen molar-refractivity contribution < 1.29 is 4.79 Å². The van der Waals surface area contributed by atoms with Crippen LogP contribution in [0.1, 0.15) is 38.3 Å². The number of rotatable bonds is 2. The van der Waals surface area contributed by atoms with E-state index in [1.54, 1.807) is 0 Å². The molecule has 3 atom stereocenters. The van der Waals surface area contributed by atoms with Crippen molar-refractivity contribution in [2.45, 2.75) is 38.8 Å². The molecule has 1 saturated heterocycles. The smallest absolute Gasteiger partial charge is 0.244 e. The van der Waals surface area contributed by atoms with E-state index in [2.05, 4.69) is 13.8 Å². The van der Waals surface area contributed by atoms with Gasteiger partial charge >= 0.3 is 0 Å². The second-order valence-corrected chi connectivity index (χ2v) is 5.41. The zero-order chi connectivity index (χ0) is 13.1. The molecular formula is C15H22N2O. The van der Waals surface area contributed by atoms with E-state index in [0.717, 1.165) is 18.5 Å². The summed E-state index contributed by atoms with van der Waals surface area (Å²) in [6, 6.07) is 9.39. The first kappa shape index (κ1) is 13.1. The molecule has 1 aliphatic heterocycles. The van der Waals surface area contributed by atoms with E-state index in [4.69, 9.17) is 5.73 Å². The van der Waals surface area contributed by atoms with E-state index in [0.29, 0.717) is 12.0 Å². The summed E-state index contributed by atoms with van der Waals surface area (Å²) in [5, 5.41) is 0. The van der Waals surface area contributed by atoms with Gasteiger partial charge in [-0.15, -0.1) is 0 Å². The van der Waals surface area contributed by atoms with E-state index in [1.165, 1.54) is 6.42 Å². The average molecular weight is 246 g/mol. The number of carbonyl (C=O) groups is 1. The Morgan fingerprint density at radius 3 is 2.61 bits per heavy atom. The SMILES string of the molecule is CC1CCC(C)N(C(=O)[C@@H](N)c2ccccc2)C1. The molecule has 1 amide bonds. The van der Waals surface area contributed by atoms with Crippen molar-refractivity contribution in [2.24, 2.45) is 11.7 Å². The fourth-order valence-corrected chi connectivity index (χ4v) is 2.58. The molecule has 0 radical (unpaired) electrons. The lowest BCUT2D eigenvalue weighted by Crippen LogP contribution is -2.48. The van der Waals surface area contributed by atoms with Crippen LogP contribution in [0.15, 0.2) is 30.3 Å². The summed E-state index contributed by atoms with van der Waals surface area (Å²) < 4.78 is 0. The van der Waals surface area contributed by atoms with Gasteiger partial charge in [0, 0.05) is 12.6 Å². The predicted molar refractivity (Wildman–Crippen MR) is 72.9 cm³/mol. The highest BCUT2D eigenvalue weighted by atomic mass is 16.2. The first-order valence-corrected chi connectivity index (χ1v) is 6.70. The molecule has 1 heterocycles. The fraction of sp³-hybridized carbons (Fsp3) is 0.533. The molecule has 1 aromatic carbocycles. The van der Waals surface area contributed by atoms with Crippen molar-refractivity contribution in [2.75, 3.05) is 6.54 Å². The minimum absolute atomic E-state index is 0.0558. The van der Waals surface area contributed by atoms with Crippen LogP contribution in [-0.4, -0.2) is 23.4 Å². The largest absolute Gasteiger partial charge is 0.338 e. The molecule has 0 aromatic heterocycles. The third-order valence-corrected chi connectivity index (χ3v) is 3.83. The Balaban J connectivity index is 2.10. The molecule has 18 heavy (non-hydrogen) atoms. The zero-order valence-electron chi connectivity index (χ0n) is 11.2. The molecular weight excluding hydrogens is 224 g/mol. The van der Waals surface area contributed by atoms with E-state index in [9.17, 15) is 4.79 Å². The lowest BCUT2D eigenvalue weighted by molar-refractivity contribution is -0.137.